The maximum Gasteiger partial charge on any atom is 0.0626 e. The molecule has 66 heavy (non-hydrogen) atoms. The third-order valence-corrected chi connectivity index (χ3v) is 13.6. The predicted molar refractivity (Wildman–Crippen MR) is 281 cm³/mol. The fraction of sp³-hybridized carbons (Fsp3) is 0. The quantitative estimate of drug-likeness (QED) is 0.145. The molecule has 0 saturated heterocycles. The highest BCUT2D eigenvalue weighted by Gasteiger charge is 2.22. The Kier molecular flexibility index (Phi) is 8.89. The molecule has 0 spiro atoms. The van der Waals surface area contributed by atoms with Gasteiger partial charge >= 0.3 is 0 Å². The maximum absolute atomic E-state index is 2.50. The molecule has 13 rings (SSSR count). The van der Waals surface area contributed by atoms with Gasteiger partial charge in [0, 0.05) is 38.8 Å². The molecule has 0 fully saturated rings. The van der Waals surface area contributed by atoms with Gasteiger partial charge in [-0.3, -0.25) is 0 Å². The molecule has 0 atom stereocenters. The van der Waals surface area contributed by atoms with Gasteiger partial charge in [0.25, 0.3) is 0 Å². The lowest BCUT2D eigenvalue weighted by Crippen LogP contribution is -2.09. The number of pyridine rings is 1. The van der Waals surface area contributed by atoms with Crippen molar-refractivity contribution in [3.8, 4) is 44.5 Å². The molecular formula is C64H42N2. The Hall–Kier alpha value is -8.72. The summed E-state index contributed by atoms with van der Waals surface area (Å²) in [5.41, 5.74) is 16.6. The van der Waals surface area contributed by atoms with Gasteiger partial charge in [-0.05, 0) is 114 Å². The highest BCUT2D eigenvalue weighted by atomic mass is 15.1. The van der Waals surface area contributed by atoms with Crippen molar-refractivity contribution < 1.29 is 0 Å². The minimum absolute atomic E-state index is 1.09. The Bertz CT molecular complexity index is 3820. The molecule has 0 bridgehead atoms. The van der Waals surface area contributed by atoms with E-state index >= 15 is 0 Å². The summed E-state index contributed by atoms with van der Waals surface area (Å²) in [6, 6.07) is 93.1. The van der Waals surface area contributed by atoms with E-state index in [1.54, 1.807) is 0 Å². The average Bonchev–Trinajstić information content (AvgIpc) is 3.76. The second-order valence-corrected chi connectivity index (χ2v) is 17.2. The Morgan fingerprint density at radius 2 is 0.667 bits per heavy atom. The van der Waals surface area contributed by atoms with Crippen LogP contribution in [0.4, 0.5) is 17.1 Å². The molecule has 2 aromatic heterocycles. The van der Waals surface area contributed by atoms with Crippen molar-refractivity contribution in [2.75, 3.05) is 4.90 Å². The molecule has 13 aromatic rings. The first-order chi connectivity index (χ1) is 32.8. The topological polar surface area (TPSA) is 7.65 Å². The van der Waals surface area contributed by atoms with Gasteiger partial charge in [0.05, 0.1) is 16.6 Å². The zero-order chi connectivity index (χ0) is 43.6. The number of para-hydroxylation sites is 1. The molecule has 2 nitrogen and oxygen atoms in total. The largest absolute Gasteiger partial charge is 0.311 e. The van der Waals surface area contributed by atoms with Crippen LogP contribution in [0, 0.1) is 0 Å². The molecule has 0 unspecified atom stereocenters. The fourth-order valence-corrected chi connectivity index (χ4v) is 10.6. The highest BCUT2D eigenvalue weighted by Crippen LogP contribution is 2.46. The third-order valence-electron chi connectivity index (χ3n) is 13.6. The number of hydrogen-bond donors (Lipinski definition) is 0. The Balaban J connectivity index is 0.972. The zero-order valence-electron chi connectivity index (χ0n) is 36.1. The molecule has 11 aromatic carbocycles. The first-order valence-corrected chi connectivity index (χ1v) is 22.8. The normalized spacial score (nSPS) is 11.6. The molecule has 308 valence electrons. The molecule has 0 aliphatic rings. The molecule has 0 aliphatic heterocycles. The number of fused-ring (bicyclic) bond motifs is 10. The van der Waals surface area contributed by atoms with E-state index < -0.39 is 0 Å². The number of benzene rings is 11. The van der Waals surface area contributed by atoms with Crippen LogP contribution in [0.25, 0.3) is 104 Å². The summed E-state index contributed by atoms with van der Waals surface area (Å²) in [6.45, 7) is 0. The first-order valence-electron chi connectivity index (χ1n) is 22.8. The van der Waals surface area contributed by atoms with Crippen LogP contribution < -0.4 is 4.90 Å². The predicted octanol–water partition coefficient (Wildman–Crippen LogP) is 17.8. The first kappa shape index (κ1) is 37.8. The number of hydrogen-bond acceptors (Lipinski definition) is 1. The number of rotatable bonds is 7. The van der Waals surface area contributed by atoms with Crippen LogP contribution in [0.2, 0.25) is 0 Å². The van der Waals surface area contributed by atoms with Gasteiger partial charge in [0.2, 0.25) is 0 Å². The van der Waals surface area contributed by atoms with Crippen LogP contribution in [0.1, 0.15) is 0 Å². The standard InChI is InChI=1S/C64H42N2/c1-2-17-48(18-3-1)62-63-56(28-14-30-61(63)66-60-29-11-10-24-58(60)57-23-8-9-25-59(57)64(62)66)47-35-41-51(42-36-47)65(49-37-31-45(32-38-49)54-26-12-19-43-15-4-6-21-52(43)54)50-39-33-46(34-40-50)55-27-13-20-44-16-5-7-22-53(44)55/h1-42H. The van der Waals surface area contributed by atoms with E-state index in [0.29, 0.717) is 0 Å². The van der Waals surface area contributed by atoms with Crippen molar-refractivity contribution in [3.63, 3.8) is 0 Å². The summed E-state index contributed by atoms with van der Waals surface area (Å²) in [4.78, 5) is 2.38. The zero-order valence-corrected chi connectivity index (χ0v) is 36.1. The minimum Gasteiger partial charge on any atom is -0.311 e. The van der Waals surface area contributed by atoms with Gasteiger partial charge in [-0.1, -0.05) is 206 Å². The molecule has 0 amide bonds. The third kappa shape index (κ3) is 6.11. The van der Waals surface area contributed by atoms with Crippen LogP contribution in [0.15, 0.2) is 255 Å². The number of nitrogens with zero attached hydrogens (tertiary/aromatic N) is 2. The van der Waals surface area contributed by atoms with Crippen molar-refractivity contribution in [1.82, 2.24) is 4.40 Å². The van der Waals surface area contributed by atoms with Crippen molar-refractivity contribution in [3.05, 3.63) is 255 Å². The van der Waals surface area contributed by atoms with Gasteiger partial charge < -0.3 is 9.30 Å². The van der Waals surface area contributed by atoms with E-state index in [9.17, 15) is 0 Å². The molecule has 2 heterocycles. The second-order valence-electron chi connectivity index (χ2n) is 17.2. The lowest BCUT2D eigenvalue weighted by molar-refractivity contribution is 1.28. The molecule has 0 N–H and O–H groups in total. The van der Waals surface area contributed by atoms with E-state index in [1.165, 1.54) is 104 Å². The molecule has 0 aliphatic carbocycles. The minimum atomic E-state index is 1.09. The Morgan fingerprint density at radius 1 is 0.258 bits per heavy atom. The molecule has 2 heteroatoms. The van der Waals surface area contributed by atoms with Crippen molar-refractivity contribution >= 4 is 76.7 Å². The summed E-state index contributed by atoms with van der Waals surface area (Å²) in [5.74, 6) is 0. The van der Waals surface area contributed by atoms with Gasteiger partial charge in [0.15, 0.2) is 0 Å². The smallest absolute Gasteiger partial charge is 0.0626 e. The summed E-state index contributed by atoms with van der Waals surface area (Å²) < 4.78 is 2.50. The lowest BCUT2D eigenvalue weighted by Gasteiger charge is -2.26. The second kappa shape index (κ2) is 15.5. The average molecular weight is 839 g/mol. The highest BCUT2D eigenvalue weighted by molar-refractivity contribution is 6.24. The molecule has 0 radical (unpaired) electrons. The summed E-state index contributed by atoms with van der Waals surface area (Å²) in [6.07, 6.45) is 0. The summed E-state index contributed by atoms with van der Waals surface area (Å²) >= 11 is 0. The van der Waals surface area contributed by atoms with Gasteiger partial charge in [0.1, 0.15) is 0 Å². The van der Waals surface area contributed by atoms with Crippen LogP contribution >= 0.6 is 0 Å². The van der Waals surface area contributed by atoms with E-state index in [-0.39, 0.29) is 0 Å². The molecule has 0 saturated carbocycles. The Morgan fingerprint density at radius 3 is 1.24 bits per heavy atom. The number of anilines is 3. The monoisotopic (exact) mass is 838 g/mol. The molecular weight excluding hydrogens is 797 g/mol. The van der Waals surface area contributed by atoms with E-state index in [4.69, 9.17) is 0 Å². The van der Waals surface area contributed by atoms with Crippen LogP contribution in [-0.2, 0) is 0 Å². The van der Waals surface area contributed by atoms with E-state index in [2.05, 4.69) is 264 Å². The SMILES string of the molecule is c1ccc(-c2c3c(-c4ccc(N(c5ccc(-c6cccc7ccccc67)cc5)c5ccc(-c6cccc7ccccc67)cc5)cc4)cccc3n3c4ccccc4c4ccccc4c23)cc1. The number of aromatic nitrogens is 1. The van der Waals surface area contributed by atoms with Crippen molar-refractivity contribution in [2.45, 2.75) is 0 Å². The van der Waals surface area contributed by atoms with Crippen LogP contribution in [-0.4, -0.2) is 4.40 Å². The van der Waals surface area contributed by atoms with Gasteiger partial charge in [-0.25, -0.2) is 0 Å². The lowest BCUT2D eigenvalue weighted by atomic mass is 9.94. The van der Waals surface area contributed by atoms with Gasteiger partial charge in [-0.2, -0.15) is 0 Å². The maximum atomic E-state index is 2.50. The van der Waals surface area contributed by atoms with E-state index in [0.717, 1.165) is 17.1 Å². The van der Waals surface area contributed by atoms with Crippen LogP contribution in [0.5, 0.6) is 0 Å². The Labute approximate surface area is 383 Å². The summed E-state index contributed by atoms with van der Waals surface area (Å²) in [7, 11) is 0. The van der Waals surface area contributed by atoms with Crippen LogP contribution in [0.3, 0.4) is 0 Å². The van der Waals surface area contributed by atoms with Crippen molar-refractivity contribution in [2.24, 2.45) is 0 Å². The van der Waals surface area contributed by atoms with E-state index in [1.807, 2.05) is 0 Å². The summed E-state index contributed by atoms with van der Waals surface area (Å²) in [5, 5.41) is 10.0. The van der Waals surface area contributed by atoms with Gasteiger partial charge in [-0.15, -0.1) is 0 Å². The van der Waals surface area contributed by atoms with Crippen molar-refractivity contribution in [1.29, 1.82) is 0 Å². The fourth-order valence-electron chi connectivity index (χ4n) is 10.6.